The number of aliphatic hydroxyl groups excluding tert-OH is 1. The quantitative estimate of drug-likeness (QED) is 0.838. The predicted octanol–water partition coefficient (Wildman–Crippen LogP) is 0.914. The second kappa shape index (κ2) is 4.91. The van der Waals surface area contributed by atoms with E-state index >= 15 is 0 Å². The number of aromatic nitrogens is 2. The molecule has 0 aliphatic rings. The van der Waals surface area contributed by atoms with E-state index in [1.807, 2.05) is 0 Å². The molecule has 0 amide bonds. The first-order valence-electron chi connectivity index (χ1n) is 4.01. The van der Waals surface area contributed by atoms with Gasteiger partial charge < -0.3 is 5.11 Å². The molecule has 0 aromatic carbocycles. The molecule has 0 bridgehead atoms. The fourth-order valence-corrected chi connectivity index (χ4v) is 1.38. The lowest BCUT2D eigenvalue weighted by Gasteiger charge is -2.09. The molecular weight excluding hydrogens is 271 g/mol. The van der Waals surface area contributed by atoms with Gasteiger partial charge in [0.2, 0.25) is 0 Å². The van der Waals surface area contributed by atoms with Crippen LogP contribution in [0.1, 0.15) is 5.69 Å². The smallest absolute Gasteiger partial charge is 0.267 e. The highest BCUT2D eigenvalue weighted by molar-refractivity contribution is 9.10. The summed E-state index contributed by atoms with van der Waals surface area (Å²) in [5.74, 6) is 0.0952. The summed E-state index contributed by atoms with van der Waals surface area (Å²) >= 11 is 8.56. The van der Waals surface area contributed by atoms with Gasteiger partial charge in [-0.2, -0.15) is 0 Å². The molecule has 78 valence electrons. The Morgan fingerprint density at radius 2 is 2.43 bits per heavy atom. The summed E-state index contributed by atoms with van der Waals surface area (Å²) in [5.41, 5.74) is 0.424. The number of aliphatic hydroxyl groups is 1. The highest BCUT2D eigenvalue weighted by Crippen LogP contribution is 2.06. The van der Waals surface area contributed by atoms with Crippen LogP contribution in [0.25, 0.3) is 0 Å². The minimum atomic E-state index is -0.731. The summed E-state index contributed by atoms with van der Waals surface area (Å²) in [6.45, 7) is 1.89. The van der Waals surface area contributed by atoms with E-state index in [0.29, 0.717) is 10.2 Å². The van der Waals surface area contributed by atoms with Gasteiger partial charge in [-0.25, -0.2) is 4.98 Å². The Kier molecular flexibility index (Phi) is 4.10. The van der Waals surface area contributed by atoms with Gasteiger partial charge in [0.05, 0.1) is 30.5 Å². The van der Waals surface area contributed by atoms with Gasteiger partial charge in [0.25, 0.3) is 5.56 Å². The van der Waals surface area contributed by atoms with Gasteiger partial charge in [-0.3, -0.25) is 9.36 Å². The van der Waals surface area contributed by atoms with Gasteiger partial charge in [-0.1, -0.05) is 0 Å². The first-order chi connectivity index (χ1) is 6.56. The van der Waals surface area contributed by atoms with Crippen LogP contribution in [0, 0.1) is 6.92 Å². The number of nitrogens with zero attached hydrogens (tertiary/aromatic N) is 2. The van der Waals surface area contributed by atoms with Crippen molar-refractivity contribution in [2.75, 3.05) is 5.88 Å². The van der Waals surface area contributed by atoms with Crippen molar-refractivity contribution < 1.29 is 5.11 Å². The molecule has 1 aromatic rings. The monoisotopic (exact) mass is 280 g/mol. The molecule has 1 heterocycles. The summed E-state index contributed by atoms with van der Waals surface area (Å²) in [7, 11) is 0. The average molecular weight is 282 g/mol. The van der Waals surface area contributed by atoms with Crippen LogP contribution in [0.15, 0.2) is 15.6 Å². The highest BCUT2D eigenvalue weighted by Gasteiger charge is 2.08. The van der Waals surface area contributed by atoms with E-state index in [4.69, 9.17) is 11.6 Å². The Balaban J connectivity index is 3.00. The maximum Gasteiger partial charge on any atom is 0.267 e. The third-order valence-corrected chi connectivity index (χ3v) is 3.01. The molecule has 0 aliphatic carbocycles. The largest absolute Gasteiger partial charge is 0.390 e. The van der Waals surface area contributed by atoms with Crippen molar-refractivity contribution in [3.05, 3.63) is 26.8 Å². The van der Waals surface area contributed by atoms with E-state index in [0.717, 1.165) is 0 Å². The van der Waals surface area contributed by atoms with E-state index in [9.17, 15) is 9.90 Å². The third-order valence-electron chi connectivity index (χ3n) is 1.74. The zero-order valence-electron chi connectivity index (χ0n) is 7.57. The number of hydrogen-bond donors (Lipinski definition) is 1. The normalized spacial score (nSPS) is 12.9. The van der Waals surface area contributed by atoms with E-state index in [1.54, 1.807) is 6.92 Å². The Morgan fingerprint density at radius 1 is 1.79 bits per heavy atom. The van der Waals surface area contributed by atoms with Crippen molar-refractivity contribution in [2.24, 2.45) is 0 Å². The first-order valence-corrected chi connectivity index (χ1v) is 5.34. The standard InChI is InChI=1S/C8H10BrClN2O2/c1-5-7(9)8(14)12(4-11-5)3-6(13)2-10/h4,6,13H,2-3H2,1H3. The molecule has 0 saturated carbocycles. The van der Waals surface area contributed by atoms with E-state index in [2.05, 4.69) is 20.9 Å². The average Bonchev–Trinajstić information content (AvgIpc) is 2.19. The van der Waals surface area contributed by atoms with E-state index in [1.165, 1.54) is 10.9 Å². The summed E-state index contributed by atoms with van der Waals surface area (Å²) in [5, 5.41) is 9.26. The van der Waals surface area contributed by atoms with Crippen LogP contribution in [0.3, 0.4) is 0 Å². The number of rotatable bonds is 3. The first kappa shape index (κ1) is 11.7. The van der Waals surface area contributed by atoms with Gasteiger partial charge >= 0.3 is 0 Å². The fraction of sp³-hybridized carbons (Fsp3) is 0.500. The molecular formula is C8H10BrClN2O2. The van der Waals surface area contributed by atoms with Gasteiger partial charge in [0.15, 0.2) is 0 Å². The van der Waals surface area contributed by atoms with Gasteiger partial charge in [-0.05, 0) is 22.9 Å². The van der Waals surface area contributed by atoms with E-state index < -0.39 is 6.10 Å². The molecule has 1 aromatic heterocycles. The minimum Gasteiger partial charge on any atom is -0.390 e. The molecule has 4 nitrogen and oxygen atoms in total. The summed E-state index contributed by atoms with van der Waals surface area (Å²) in [6, 6.07) is 0. The SMILES string of the molecule is Cc1ncn(CC(O)CCl)c(=O)c1Br. The van der Waals surface area contributed by atoms with Crippen LogP contribution in [0.2, 0.25) is 0 Å². The van der Waals surface area contributed by atoms with Crippen molar-refractivity contribution in [1.29, 1.82) is 0 Å². The summed E-state index contributed by atoms with van der Waals surface area (Å²) < 4.78 is 1.74. The molecule has 0 spiro atoms. The zero-order chi connectivity index (χ0) is 10.7. The molecule has 1 N–H and O–H groups in total. The highest BCUT2D eigenvalue weighted by atomic mass is 79.9. The third kappa shape index (κ3) is 2.56. The lowest BCUT2D eigenvalue weighted by molar-refractivity contribution is 0.174. The number of hydrogen-bond acceptors (Lipinski definition) is 3. The molecule has 0 aliphatic heterocycles. The van der Waals surface area contributed by atoms with Crippen LogP contribution in [-0.4, -0.2) is 26.6 Å². The van der Waals surface area contributed by atoms with Crippen molar-refractivity contribution in [3.8, 4) is 0 Å². The van der Waals surface area contributed by atoms with Gasteiger partial charge in [-0.15, -0.1) is 11.6 Å². The Morgan fingerprint density at radius 3 is 3.00 bits per heavy atom. The summed E-state index contributed by atoms with van der Waals surface area (Å²) in [4.78, 5) is 15.6. The fourth-order valence-electron chi connectivity index (χ4n) is 0.952. The molecule has 1 rings (SSSR count). The number of aryl methyl sites for hydroxylation is 1. The van der Waals surface area contributed by atoms with Crippen molar-refractivity contribution in [3.63, 3.8) is 0 Å². The van der Waals surface area contributed by atoms with Crippen molar-refractivity contribution in [2.45, 2.75) is 19.6 Å². The second-order valence-electron chi connectivity index (χ2n) is 2.91. The topological polar surface area (TPSA) is 55.1 Å². The number of alkyl halides is 1. The molecule has 0 saturated heterocycles. The minimum absolute atomic E-state index is 0.0952. The zero-order valence-corrected chi connectivity index (χ0v) is 9.92. The molecule has 1 atom stereocenters. The predicted molar refractivity (Wildman–Crippen MR) is 57.7 cm³/mol. The van der Waals surface area contributed by atoms with Gasteiger partial charge in [0.1, 0.15) is 4.47 Å². The van der Waals surface area contributed by atoms with Crippen LogP contribution < -0.4 is 5.56 Å². The van der Waals surface area contributed by atoms with Crippen LogP contribution >= 0.6 is 27.5 Å². The molecule has 1 unspecified atom stereocenters. The molecule has 0 radical (unpaired) electrons. The Labute approximate surface area is 94.7 Å². The van der Waals surface area contributed by atoms with Crippen molar-refractivity contribution >= 4 is 27.5 Å². The van der Waals surface area contributed by atoms with E-state index in [-0.39, 0.29) is 18.0 Å². The van der Waals surface area contributed by atoms with Crippen LogP contribution in [-0.2, 0) is 6.54 Å². The molecule has 0 fully saturated rings. The second-order valence-corrected chi connectivity index (χ2v) is 4.01. The Hall–Kier alpha value is -0.390. The Bertz CT molecular complexity index is 380. The van der Waals surface area contributed by atoms with Gasteiger partial charge in [0, 0.05) is 0 Å². The van der Waals surface area contributed by atoms with Crippen LogP contribution in [0.5, 0.6) is 0 Å². The van der Waals surface area contributed by atoms with Crippen molar-refractivity contribution in [1.82, 2.24) is 9.55 Å². The molecule has 6 heteroatoms. The van der Waals surface area contributed by atoms with Crippen LogP contribution in [0.4, 0.5) is 0 Å². The molecule has 14 heavy (non-hydrogen) atoms. The summed E-state index contributed by atoms with van der Waals surface area (Å²) in [6.07, 6.45) is 0.670. The maximum atomic E-state index is 11.6. The maximum absolute atomic E-state index is 11.6. The lowest BCUT2D eigenvalue weighted by Crippen LogP contribution is -2.28. The number of halogens is 2. The lowest BCUT2D eigenvalue weighted by atomic mass is 10.4.